The highest BCUT2D eigenvalue weighted by Crippen LogP contribution is 2.19. The monoisotopic (exact) mass is 316 g/mol. The Morgan fingerprint density at radius 1 is 1.00 bits per heavy atom. The molecule has 0 aromatic carbocycles. The van der Waals surface area contributed by atoms with Gasteiger partial charge in [-0.05, 0) is 25.0 Å². The Bertz CT molecular complexity index is 547. The maximum absolute atomic E-state index is 12.7. The highest BCUT2D eigenvalue weighted by molar-refractivity contribution is 5.93. The second kappa shape index (κ2) is 7.44. The number of hydrogen-bond acceptors (Lipinski definition) is 4. The Kier molecular flexibility index (Phi) is 5.10. The number of pyridine rings is 1. The lowest BCUT2D eigenvalue weighted by molar-refractivity contribution is -0.118. The summed E-state index contributed by atoms with van der Waals surface area (Å²) in [5.74, 6) is 0.0419. The average molecular weight is 316 g/mol. The van der Waals surface area contributed by atoms with Crippen LogP contribution in [0.2, 0.25) is 0 Å². The van der Waals surface area contributed by atoms with E-state index in [-0.39, 0.29) is 5.91 Å². The van der Waals surface area contributed by atoms with E-state index in [0.29, 0.717) is 5.69 Å². The van der Waals surface area contributed by atoms with E-state index >= 15 is 0 Å². The van der Waals surface area contributed by atoms with Crippen LogP contribution in [-0.4, -0.2) is 66.4 Å². The molecule has 2 aliphatic rings. The number of aromatic nitrogens is 1. The lowest BCUT2D eigenvalue weighted by atomic mass is 10.2. The fourth-order valence-electron chi connectivity index (χ4n) is 3.25. The summed E-state index contributed by atoms with van der Waals surface area (Å²) in [6, 6.07) is 3.83. The van der Waals surface area contributed by atoms with Crippen LogP contribution in [-0.2, 0) is 4.79 Å². The van der Waals surface area contributed by atoms with Gasteiger partial charge in [-0.2, -0.15) is 0 Å². The fourth-order valence-corrected chi connectivity index (χ4v) is 3.25. The van der Waals surface area contributed by atoms with Crippen LogP contribution in [0.3, 0.4) is 0 Å². The first-order chi connectivity index (χ1) is 11.3. The first kappa shape index (κ1) is 15.8. The van der Waals surface area contributed by atoms with Gasteiger partial charge in [0, 0.05) is 51.2 Å². The van der Waals surface area contributed by atoms with Crippen molar-refractivity contribution in [1.82, 2.24) is 14.8 Å². The third-order valence-electron chi connectivity index (χ3n) is 4.68. The third-order valence-corrected chi connectivity index (χ3v) is 4.68. The first-order valence-corrected chi connectivity index (χ1v) is 8.47. The quantitative estimate of drug-likeness (QED) is 0.791. The van der Waals surface area contributed by atoms with Gasteiger partial charge in [0.05, 0.1) is 0 Å². The van der Waals surface area contributed by atoms with Gasteiger partial charge >= 0.3 is 0 Å². The molecule has 0 saturated carbocycles. The molecular weight excluding hydrogens is 292 g/mol. The van der Waals surface area contributed by atoms with E-state index in [4.69, 9.17) is 0 Å². The SMILES string of the molecule is O=CN1CCN(c2ccnc(C(=O)N3CCCCCC3)c2)CC1. The molecule has 124 valence electrons. The minimum absolute atomic E-state index is 0.0419. The number of carbonyl (C=O) groups excluding carboxylic acids is 2. The van der Waals surface area contributed by atoms with Crippen LogP contribution in [0.25, 0.3) is 0 Å². The van der Waals surface area contributed by atoms with Crippen molar-refractivity contribution >= 4 is 18.0 Å². The Hall–Kier alpha value is -2.11. The maximum Gasteiger partial charge on any atom is 0.272 e. The Balaban J connectivity index is 1.69. The molecule has 0 spiro atoms. The van der Waals surface area contributed by atoms with Gasteiger partial charge in [-0.25, -0.2) is 0 Å². The standard InChI is InChI=1S/C17H24N4O2/c22-14-19-9-11-20(12-10-19)15-5-6-18-16(13-15)17(23)21-7-3-1-2-4-8-21/h5-6,13-14H,1-4,7-12H2. The Morgan fingerprint density at radius 2 is 1.70 bits per heavy atom. The number of piperazine rings is 1. The summed E-state index contributed by atoms with van der Waals surface area (Å²) >= 11 is 0. The van der Waals surface area contributed by atoms with Crippen LogP contribution >= 0.6 is 0 Å². The molecule has 23 heavy (non-hydrogen) atoms. The van der Waals surface area contributed by atoms with Crippen molar-refractivity contribution in [3.05, 3.63) is 24.0 Å². The van der Waals surface area contributed by atoms with Crippen molar-refractivity contribution in [3.63, 3.8) is 0 Å². The highest BCUT2D eigenvalue weighted by atomic mass is 16.2. The molecule has 0 atom stereocenters. The number of likely N-dealkylation sites (tertiary alicyclic amines) is 1. The number of rotatable bonds is 3. The van der Waals surface area contributed by atoms with Crippen molar-refractivity contribution in [2.75, 3.05) is 44.2 Å². The van der Waals surface area contributed by atoms with Crippen molar-refractivity contribution in [2.45, 2.75) is 25.7 Å². The summed E-state index contributed by atoms with van der Waals surface area (Å²) < 4.78 is 0. The van der Waals surface area contributed by atoms with Crippen molar-refractivity contribution in [1.29, 1.82) is 0 Å². The number of hydrogen-bond donors (Lipinski definition) is 0. The smallest absolute Gasteiger partial charge is 0.272 e. The minimum atomic E-state index is 0.0419. The van der Waals surface area contributed by atoms with Crippen LogP contribution in [0.15, 0.2) is 18.3 Å². The van der Waals surface area contributed by atoms with E-state index in [0.717, 1.165) is 64.2 Å². The molecule has 0 aliphatic carbocycles. The summed E-state index contributed by atoms with van der Waals surface area (Å²) in [7, 11) is 0. The number of nitrogens with zero attached hydrogens (tertiary/aromatic N) is 4. The van der Waals surface area contributed by atoms with E-state index in [2.05, 4.69) is 9.88 Å². The zero-order valence-electron chi connectivity index (χ0n) is 13.5. The largest absolute Gasteiger partial charge is 0.368 e. The molecule has 1 aromatic rings. The van der Waals surface area contributed by atoms with E-state index < -0.39 is 0 Å². The van der Waals surface area contributed by atoms with Gasteiger partial charge in [0.1, 0.15) is 5.69 Å². The highest BCUT2D eigenvalue weighted by Gasteiger charge is 2.21. The van der Waals surface area contributed by atoms with Gasteiger partial charge < -0.3 is 14.7 Å². The molecule has 0 bridgehead atoms. The van der Waals surface area contributed by atoms with Crippen LogP contribution < -0.4 is 4.90 Å². The molecular formula is C17H24N4O2. The van der Waals surface area contributed by atoms with Gasteiger partial charge in [0.2, 0.25) is 6.41 Å². The van der Waals surface area contributed by atoms with Gasteiger partial charge in [-0.1, -0.05) is 12.8 Å². The molecule has 0 unspecified atom stereocenters. The molecule has 2 saturated heterocycles. The average Bonchev–Trinajstić information content (AvgIpc) is 2.91. The third kappa shape index (κ3) is 3.81. The van der Waals surface area contributed by atoms with Crippen LogP contribution in [0.5, 0.6) is 0 Å². The molecule has 2 aliphatic heterocycles. The van der Waals surface area contributed by atoms with Gasteiger partial charge in [0.25, 0.3) is 5.91 Å². The predicted molar refractivity (Wildman–Crippen MR) is 88.5 cm³/mol. The van der Waals surface area contributed by atoms with Crippen LogP contribution in [0.4, 0.5) is 5.69 Å². The Morgan fingerprint density at radius 3 is 2.35 bits per heavy atom. The summed E-state index contributed by atoms with van der Waals surface area (Å²) in [6.07, 6.45) is 7.19. The van der Waals surface area contributed by atoms with Gasteiger partial charge in [0.15, 0.2) is 0 Å². The zero-order chi connectivity index (χ0) is 16.1. The zero-order valence-corrected chi connectivity index (χ0v) is 13.5. The van der Waals surface area contributed by atoms with Gasteiger partial charge in [-0.3, -0.25) is 14.6 Å². The number of anilines is 1. The lowest BCUT2D eigenvalue weighted by Crippen LogP contribution is -2.45. The number of carbonyl (C=O) groups is 2. The molecule has 2 fully saturated rings. The molecule has 3 heterocycles. The van der Waals surface area contributed by atoms with Crippen molar-refractivity contribution in [2.24, 2.45) is 0 Å². The topological polar surface area (TPSA) is 56.8 Å². The first-order valence-electron chi connectivity index (χ1n) is 8.47. The minimum Gasteiger partial charge on any atom is -0.368 e. The second-order valence-corrected chi connectivity index (χ2v) is 6.23. The fraction of sp³-hybridized carbons (Fsp3) is 0.588. The summed E-state index contributed by atoms with van der Waals surface area (Å²) in [6.45, 7) is 4.70. The van der Waals surface area contributed by atoms with Crippen LogP contribution in [0, 0.1) is 0 Å². The Labute approximate surface area is 137 Å². The van der Waals surface area contributed by atoms with Crippen LogP contribution in [0.1, 0.15) is 36.2 Å². The lowest BCUT2D eigenvalue weighted by Gasteiger charge is -2.34. The van der Waals surface area contributed by atoms with E-state index in [1.54, 1.807) is 11.1 Å². The predicted octanol–water partition coefficient (Wildman–Crippen LogP) is 1.38. The molecule has 2 amide bonds. The molecule has 0 N–H and O–H groups in total. The molecule has 0 radical (unpaired) electrons. The second-order valence-electron chi connectivity index (χ2n) is 6.23. The van der Waals surface area contributed by atoms with E-state index in [1.807, 2.05) is 17.0 Å². The molecule has 6 heteroatoms. The maximum atomic E-state index is 12.7. The molecule has 1 aromatic heterocycles. The van der Waals surface area contributed by atoms with E-state index in [1.165, 1.54) is 12.8 Å². The van der Waals surface area contributed by atoms with Crippen molar-refractivity contribution < 1.29 is 9.59 Å². The summed E-state index contributed by atoms with van der Waals surface area (Å²) in [5.41, 5.74) is 1.55. The normalized spacial score (nSPS) is 19.4. The van der Waals surface area contributed by atoms with Crippen molar-refractivity contribution in [3.8, 4) is 0 Å². The number of amides is 2. The molecule has 6 nitrogen and oxygen atoms in total. The van der Waals surface area contributed by atoms with E-state index in [9.17, 15) is 9.59 Å². The van der Waals surface area contributed by atoms with Gasteiger partial charge in [-0.15, -0.1) is 0 Å². The molecule has 3 rings (SSSR count). The summed E-state index contributed by atoms with van der Waals surface area (Å²) in [5, 5.41) is 0. The summed E-state index contributed by atoms with van der Waals surface area (Å²) in [4.78, 5) is 33.7.